The van der Waals surface area contributed by atoms with Crippen molar-refractivity contribution in [2.24, 2.45) is 0 Å². The number of aryl methyl sites for hydroxylation is 2. The molecule has 0 radical (unpaired) electrons. The fourth-order valence-electron chi connectivity index (χ4n) is 2.60. The Morgan fingerprint density at radius 3 is 2.56 bits per heavy atom. The van der Waals surface area contributed by atoms with Gasteiger partial charge in [-0.05, 0) is 44.0 Å². The normalized spacial score (nSPS) is 11.7. The highest BCUT2D eigenvalue weighted by Gasteiger charge is 2.15. The van der Waals surface area contributed by atoms with Gasteiger partial charge in [-0.2, -0.15) is 0 Å². The highest BCUT2D eigenvalue weighted by Crippen LogP contribution is 2.26. The number of carbonyl (C=O) groups excluding carboxylic acids is 1. The molecule has 25 heavy (non-hydrogen) atoms. The van der Waals surface area contributed by atoms with Crippen LogP contribution in [0.4, 0.5) is 11.4 Å². The van der Waals surface area contributed by atoms with Crippen LogP contribution in [0.5, 0.6) is 0 Å². The summed E-state index contributed by atoms with van der Waals surface area (Å²) in [6, 6.07) is 10.3. The van der Waals surface area contributed by atoms with Gasteiger partial charge in [-0.1, -0.05) is 29.8 Å². The third-order valence-electron chi connectivity index (χ3n) is 3.93. The van der Waals surface area contributed by atoms with Gasteiger partial charge in [0, 0.05) is 22.3 Å². The van der Waals surface area contributed by atoms with E-state index in [1.165, 1.54) is 6.07 Å². The molecule has 1 atom stereocenters. The number of rotatable bonds is 6. The highest BCUT2D eigenvalue weighted by molar-refractivity contribution is 6.31. The monoisotopic (exact) mass is 361 g/mol. The summed E-state index contributed by atoms with van der Waals surface area (Å²) in [6.45, 7) is 5.38. The van der Waals surface area contributed by atoms with Crippen LogP contribution in [0, 0.1) is 24.0 Å². The first kappa shape index (κ1) is 18.7. The largest absolute Gasteiger partial charge is 0.376 e. The fraction of sp³-hybridized carbons (Fsp3) is 0.278. The zero-order valence-electron chi connectivity index (χ0n) is 14.3. The summed E-state index contributed by atoms with van der Waals surface area (Å²) in [6.07, 6.45) is 0. The number of nitrogens with zero attached hydrogens (tertiary/aromatic N) is 1. The van der Waals surface area contributed by atoms with Crippen LogP contribution in [0.1, 0.15) is 29.7 Å². The van der Waals surface area contributed by atoms with Crippen LogP contribution in [0.15, 0.2) is 36.4 Å². The van der Waals surface area contributed by atoms with Crippen molar-refractivity contribution in [1.29, 1.82) is 0 Å². The molecule has 2 aromatic rings. The molecule has 1 unspecified atom stereocenters. The zero-order chi connectivity index (χ0) is 18.6. The lowest BCUT2D eigenvalue weighted by molar-refractivity contribution is -0.385. The molecular formula is C18H20ClN3O3. The average Bonchev–Trinajstić information content (AvgIpc) is 2.54. The summed E-state index contributed by atoms with van der Waals surface area (Å²) < 4.78 is 0. The maximum atomic E-state index is 12.2. The van der Waals surface area contributed by atoms with E-state index in [1.54, 1.807) is 19.1 Å². The predicted molar refractivity (Wildman–Crippen MR) is 99.1 cm³/mol. The van der Waals surface area contributed by atoms with Crippen LogP contribution in [-0.2, 0) is 4.79 Å². The smallest absolute Gasteiger partial charge is 0.274 e. The summed E-state index contributed by atoms with van der Waals surface area (Å²) in [5, 5.41) is 17.4. The summed E-state index contributed by atoms with van der Waals surface area (Å²) in [7, 11) is 0. The Morgan fingerprint density at radius 2 is 1.92 bits per heavy atom. The molecule has 0 aromatic heterocycles. The lowest BCUT2D eigenvalue weighted by Gasteiger charge is -2.17. The maximum absolute atomic E-state index is 12.2. The van der Waals surface area contributed by atoms with Crippen molar-refractivity contribution in [2.45, 2.75) is 26.8 Å². The van der Waals surface area contributed by atoms with Crippen molar-refractivity contribution >= 4 is 28.9 Å². The van der Waals surface area contributed by atoms with E-state index in [0.29, 0.717) is 16.3 Å². The number of amides is 1. The lowest BCUT2D eigenvalue weighted by Crippen LogP contribution is -2.32. The van der Waals surface area contributed by atoms with Crippen LogP contribution in [0.2, 0.25) is 5.02 Å². The van der Waals surface area contributed by atoms with Gasteiger partial charge in [0.05, 0.1) is 17.5 Å². The van der Waals surface area contributed by atoms with Crippen molar-refractivity contribution in [2.75, 3.05) is 11.9 Å². The molecule has 0 bridgehead atoms. The molecule has 0 aliphatic rings. The van der Waals surface area contributed by atoms with E-state index in [0.717, 1.165) is 11.1 Å². The zero-order valence-corrected chi connectivity index (χ0v) is 15.1. The number of nitrogens with one attached hydrogen (secondary N) is 2. The molecule has 1 amide bonds. The lowest BCUT2D eigenvalue weighted by atomic mass is 10.1. The Hall–Kier alpha value is -2.60. The van der Waals surface area contributed by atoms with E-state index < -0.39 is 4.92 Å². The second-order valence-electron chi connectivity index (χ2n) is 5.87. The second-order valence-corrected chi connectivity index (χ2v) is 6.28. The average molecular weight is 362 g/mol. The maximum Gasteiger partial charge on any atom is 0.274 e. The molecule has 132 valence electrons. The van der Waals surface area contributed by atoms with E-state index in [9.17, 15) is 14.9 Å². The molecule has 0 heterocycles. The Kier molecular flexibility index (Phi) is 5.98. The third-order valence-corrected chi connectivity index (χ3v) is 4.27. The molecular weight excluding hydrogens is 342 g/mol. The number of hydrogen-bond donors (Lipinski definition) is 2. The predicted octanol–water partition coefficient (Wildman–Crippen LogP) is 4.15. The van der Waals surface area contributed by atoms with E-state index in [1.807, 2.05) is 32.0 Å². The van der Waals surface area contributed by atoms with Crippen LogP contribution >= 0.6 is 11.6 Å². The molecule has 0 spiro atoms. The molecule has 0 aliphatic heterocycles. The number of nitro groups is 1. The molecule has 6 nitrogen and oxygen atoms in total. The summed E-state index contributed by atoms with van der Waals surface area (Å²) in [4.78, 5) is 22.8. The molecule has 0 saturated heterocycles. The first-order valence-corrected chi connectivity index (χ1v) is 8.20. The Labute approximate surface area is 151 Å². The highest BCUT2D eigenvalue weighted by atomic mass is 35.5. The minimum Gasteiger partial charge on any atom is -0.376 e. The van der Waals surface area contributed by atoms with Crippen LogP contribution in [0.3, 0.4) is 0 Å². The number of hydrogen-bond acceptors (Lipinski definition) is 4. The minimum absolute atomic E-state index is 0.00977. The number of anilines is 1. The van der Waals surface area contributed by atoms with Gasteiger partial charge in [-0.15, -0.1) is 0 Å². The molecule has 2 N–H and O–H groups in total. The first-order chi connectivity index (χ1) is 11.8. The van der Waals surface area contributed by atoms with Gasteiger partial charge in [0.2, 0.25) is 5.91 Å². The van der Waals surface area contributed by atoms with Crippen LogP contribution < -0.4 is 10.6 Å². The quantitative estimate of drug-likeness (QED) is 0.597. The van der Waals surface area contributed by atoms with Crippen molar-refractivity contribution in [3.8, 4) is 0 Å². The van der Waals surface area contributed by atoms with Gasteiger partial charge < -0.3 is 10.6 Å². The van der Waals surface area contributed by atoms with Gasteiger partial charge in [0.1, 0.15) is 0 Å². The third kappa shape index (κ3) is 4.70. The van der Waals surface area contributed by atoms with E-state index in [4.69, 9.17) is 11.6 Å². The molecule has 0 fully saturated rings. The number of halogens is 1. The van der Waals surface area contributed by atoms with Crippen molar-refractivity contribution < 1.29 is 9.72 Å². The van der Waals surface area contributed by atoms with Gasteiger partial charge in [0.25, 0.3) is 5.69 Å². The molecule has 7 heteroatoms. The molecule has 0 aliphatic carbocycles. The van der Waals surface area contributed by atoms with Gasteiger partial charge in [0.15, 0.2) is 0 Å². The van der Waals surface area contributed by atoms with E-state index in [-0.39, 0.29) is 24.2 Å². The second kappa shape index (κ2) is 7.98. The van der Waals surface area contributed by atoms with Gasteiger partial charge >= 0.3 is 0 Å². The standard InChI is InChI=1S/C18H20ClN3O3/c1-11-8-12(2)17(22(24)25)9-16(11)20-10-18(23)21-13(3)14-6-4-5-7-15(14)19/h4-9,13,20H,10H2,1-3H3,(H,21,23). The van der Waals surface area contributed by atoms with Gasteiger partial charge in [-0.25, -0.2) is 0 Å². The SMILES string of the molecule is Cc1cc(C)c([N+](=O)[O-])cc1NCC(=O)NC(C)c1ccccc1Cl. The number of carbonyl (C=O) groups is 1. The molecule has 2 aromatic carbocycles. The Morgan fingerprint density at radius 1 is 1.24 bits per heavy atom. The van der Waals surface area contributed by atoms with Crippen LogP contribution in [-0.4, -0.2) is 17.4 Å². The van der Waals surface area contributed by atoms with Gasteiger partial charge in [-0.3, -0.25) is 14.9 Å². The first-order valence-electron chi connectivity index (χ1n) is 7.83. The van der Waals surface area contributed by atoms with Crippen molar-refractivity contribution in [3.63, 3.8) is 0 Å². The van der Waals surface area contributed by atoms with Crippen LogP contribution in [0.25, 0.3) is 0 Å². The Bertz CT molecular complexity index is 808. The molecule has 2 rings (SSSR count). The van der Waals surface area contributed by atoms with Crippen molar-refractivity contribution in [1.82, 2.24) is 5.32 Å². The van der Waals surface area contributed by atoms with Crippen molar-refractivity contribution in [3.05, 3.63) is 68.2 Å². The van der Waals surface area contributed by atoms with E-state index >= 15 is 0 Å². The summed E-state index contributed by atoms with van der Waals surface area (Å²) in [5.74, 6) is -0.227. The minimum atomic E-state index is -0.431. The molecule has 0 saturated carbocycles. The Balaban J connectivity index is 2.02. The topological polar surface area (TPSA) is 84.3 Å². The number of benzene rings is 2. The number of nitro benzene ring substituents is 1. The fourth-order valence-corrected chi connectivity index (χ4v) is 2.90. The van der Waals surface area contributed by atoms with E-state index in [2.05, 4.69) is 10.6 Å². The summed E-state index contributed by atoms with van der Waals surface area (Å²) in [5.41, 5.74) is 2.86. The summed E-state index contributed by atoms with van der Waals surface area (Å²) >= 11 is 6.13.